The number of amides is 3. The summed E-state index contributed by atoms with van der Waals surface area (Å²) >= 11 is 0. The SMILES string of the molecule is CCC(=O)N1C[C@@H](C)[C@H](OC)CN(C)C(=O)c2cc(NC(=O)c3ccccc3)ccc2OC[C@@H]1C. The van der Waals surface area contributed by atoms with E-state index >= 15 is 0 Å². The van der Waals surface area contributed by atoms with E-state index in [0.717, 1.165) is 0 Å². The molecule has 0 radical (unpaired) electrons. The zero-order valence-corrected chi connectivity index (χ0v) is 21.1. The minimum Gasteiger partial charge on any atom is -0.491 e. The summed E-state index contributed by atoms with van der Waals surface area (Å²) in [5, 5.41) is 2.85. The Balaban J connectivity index is 1.94. The summed E-state index contributed by atoms with van der Waals surface area (Å²) in [6.07, 6.45) is 0.141. The van der Waals surface area contributed by atoms with Crippen LogP contribution in [0.15, 0.2) is 48.5 Å². The van der Waals surface area contributed by atoms with Crippen LogP contribution in [0.25, 0.3) is 0 Å². The lowest BCUT2D eigenvalue weighted by Crippen LogP contribution is -2.48. The molecule has 0 unspecified atom stereocenters. The van der Waals surface area contributed by atoms with Gasteiger partial charge >= 0.3 is 0 Å². The quantitative estimate of drug-likeness (QED) is 0.720. The zero-order valence-electron chi connectivity index (χ0n) is 21.1. The van der Waals surface area contributed by atoms with E-state index in [1.807, 2.05) is 31.7 Å². The predicted molar refractivity (Wildman–Crippen MR) is 135 cm³/mol. The molecule has 0 spiro atoms. The number of carbonyl (C=O) groups is 3. The number of methoxy groups -OCH3 is 1. The van der Waals surface area contributed by atoms with Gasteiger partial charge in [0, 0.05) is 50.8 Å². The Morgan fingerprint density at radius 2 is 1.83 bits per heavy atom. The second-order valence-electron chi connectivity index (χ2n) is 9.03. The Kier molecular flexibility index (Phi) is 8.87. The van der Waals surface area contributed by atoms with Crippen LogP contribution in [0.4, 0.5) is 5.69 Å². The number of rotatable bonds is 4. The first kappa shape index (κ1) is 26.2. The zero-order chi connectivity index (χ0) is 25.5. The van der Waals surface area contributed by atoms with Gasteiger partial charge in [-0.2, -0.15) is 0 Å². The van der Waals surface area contributed by atoms with Crippen LogP contribution in [-0.2, 0) is 9.53 Å². The average molecular weight is 482 g/mol. The molecule has 2 aromatic carbocycles. The molecule has 0 saturated carbocycles. The molecule has 2 aromatic rings. The normalized spacial score (nSPS) is 21.3. The van der Waals surface area contributed by atoms with Crippen LogP contribution >= 0.6 is 0 Å². The maximum atomic E-state index is 13.4. The number of carbonyl (C=O) groups excluding carboxylic acids is 3. The van der Waals surface area contributed by atoms with E-state index in [1.165, 1.54) is 0 Å². The van der Waals surface area contributed by atoms with Gasteiger partial charge in [0.05, 0.1) is 17.7 Å². The molecule has 3 amide bonds. The molecule has 1 N–H and O–H groups in total. The Hall–Kier alpha value is -3.39. The maximum Gasteiger partial charge on any atom is 0.257 e. The van der Waals surface area contributed by atoms with Crippen molar-refractivity contribution >= 4 is 23.4 Å². The number of nitrogens with zero attached hydrogens (tertiary/aromatic N) is 2. The summed E-state index contributed by atoms with van der Waals surface area (Å²) in [5.74, 6) is -0.0548. The van der Waals surface area contributed by atoms with Crippen LogP contribution in [0.3, 0.4) is 0 Å². The van der Waals surface area contributed by atoms with Crippen LogP contribution in [0, 0.1) is 5.92 Å². The topological polar surface area (TPSA) is 88.2 Å². The lowest BCUT2D eigenvalue weighted by molar-refractivity contribution is -0.135. The van der Waals surface area contributed by atoms with Gasteiger partial charge in [-0.25, -0.2) is 0 Å². The van der Waals surface area contributed by atoms with Gasteiger partial charge in [-0.05, 0) is 37.3 Å². The molecule has 8 heteroatoms. The number of likely N-dealkylation sites (N-methyl/N-ethyl adjacent to an activating group) is 1. The van der Waals surface area contributed by atoms with Gasteiger partial charge in [0.1, 0.15) is 12.4 Å². The van der Waals surface area contributed by atoms with E-state index in [2.05, 4.69) is 5.32 Å². The van der Waals surface area contributed by atoms with Crippen LogP contribution in [0.5, 0.6) is 5.75 Å². The molecular weight excluding hydrogens is 446 g/mol. The minimum atomic E-state index is -0.268. The Morgan fingerprint density at radius 1 is 1.11 bits per heavy atom. The standard InChI is InChI=1S/C27H35N3O5/c1-6-25(31)30-15-18(2)24(34-5)16-29(4)27(33)22-14-21(12-13-23(22)35-17-19(30)3)28-26(32)20-10-8-7-9-11-20/h7-14,18-19,24H,6,15-17H2,1-5H3,(H,28,32)/t18-,19+,24-/m1/s1. The summed E-state index contributed by atoms with van der Waals surface area (Å²) < 4.78 is 11.8. The first-order chi connectivity index (χ1) is 16.7. The molecule has 0 saturated heterocycles. The second-order valence-corrected chi connectivity index (χ2v) is 9.03. The van der Waals surface area contributed by atoms with E-state index in [9.17, 15) is 14.4 Å². The fraction of sp³-hybridized carbons (Fsp3) is 0.444. The van der Waals surface area contributed by atoms with E-state index in [4.69, 9.17) is 9.47 Å². The first-order valence-corrected chi connectivity index (χ1v) is 12.0. The number of hydrogen-bond donors (Lipinski definition) is 1. The fourth-order valence-electron chi connectivity index (χ4n) is 4.20. The third-order valence-electron chi connectivity index (χ3n) is 6.36. The van der Waals surface area contributed by atoms with Crippen molar-refractivity contribution in [3.8, 4) is 5.75 Å². The smallest absolute Gasteiger partial charge is 0.257 e. The van der Waals surface area contributed by atoms with E-state index in [0.29, 0.717) is 42.1 Å². The van der Waals surface area contributed by atoms with Crippen LogP contribution in [0.2, 0.25) is 0 Å². The highest BCUT2D eigenvalue weighted by molar-refractivity contribution is 6.05. The third kappa shape index (κ3) is 6.39. The molecule has 0 aliphatic carbocycles. The van der Waals surface area contributed by atoms with E-state index < -0.39 is 0 Å². The maximum absolute atomic E-state index is 13.4. The highest BCUT2D eigenvalue weighted by atomic mass is 16.5. The van der Waals surface area contributed by atoms with Crippen molar-refractivity contribution in [2.24, 2.45) is 5.92 Å². The van der Waals surface area contributed by atoms with Gasteiger partial charge in [0.2, 0.25) is 5.91 Å². The van der Waals surface area contributed by atoms with Crippen molar-refractivity contribution in [3.63, 3.8) is 0 Å². The Morgan fingerprint density at radius 3 is 2.49 bits per heavy atom. The Labute approximate surface area is 207 Å². The first-order valence-electron chi connectivity index (χ1n) is 12.0. The number of ether oxygens (including phenoxy) is 2. The van der Waals surface area contributed by atoms with Crippen molar-refractivity contribution in [3.05, 3.63) is 59.7 Å². The molecule has 1 heterocycles. The molecule has 35 heavy (non-hydrogen) atoms. The van der Waals surface area contributed by atoms with Gasteiger partial charge in [0.15, 0.2) is 0 Å². The number of anilines is 1. The molecule has 3 atom stereocenters. The van der Waals surface area contributed by atoms with Crippen molar-refractivity contribution in [2.45, 2.75) is 39.3 Å². The van der Waals surface area contributed by atoms with Crippen molar-refractivity contribution in [1.82, 2.24) is 9.80 Å². The molecule has 0 bridgehead atoms. The molecule has 8 nitrogen and oxygen atoms in total. The van der Waals surface area contributed by atoms with Crippen LogP contribution < -0.4 is 10.1 Å². The average Bonchev–Trinajstić information content (AvgIpc) is 2.88. The van der Waals surface area contributed by atoms with Gasteiger partial charge < -0.3 is 24.6 Å². The van der Waals surface area contributed by atoms with Crippen molar-refractivity contribution in [1.29, 1.82) is 0 Å². The largest absolute Gasteiger partial charge is 0.491 e. The molecular formula is C27H35N3O5. The molecule has 1 aliphatic heterocycles. The molecule has 0 aromatic heterocycles. The summed E-state index contributed by atoms with van der Waals surface area (Å²) in [6, 6.07) is 13.7. The fourth-order valence-corrected chi connectivity index (χ4v) is 4.20. The predicted octanol–water partition coefficient (Wildman–Crippen LogP) is 3.68. The highest BCUT2D eigenvalue weighted by Gasteiger charge is 2.30. The van der Waals surface area contributed by atoms with Crippen molar-refractivity contribution in [2.75, 3.05) is 39.2 Å². The van der Waals surface area contributed by atoms with Gasteiger partial charge in [0.25, 0.3) is 11.8 Å². The summed E-state index contributed by atoms with van der Waals surface area (Å²) in [4.78, 5) is 42.2. The minimum absolute atomic E-state index is 0.00333. The Bertz CT molecular complexity index is 1040. The summed E-state index contributed by atoms with van der Waals surface area (Å²) in [7, 11) is 3.33. The molecule has 0 fully saturated rings. The number of nitrogens with one attached hydrogen (secondary N) is 1. The van der Waals surface area contributed by atoms with E-state index in [-0.39, 0.29) is 42.4 Å². The molecule has 188 valence electrons. The van der Waals surface area contributed by atoms with Gasteiger partial charge in [-0.3, -0.25) is 14.4 Å². The third-order valence-corrected chi connectivity index (χ3v) is 6.36. The summed E-state index contributed by atoms with van der Waals surface area (Å²) in [5.41, 5.74) is 1.34. The lowest BCUT2D eigenvalue weighted by Gasteiger charge is -2.36. The molecule has 3 rings (SSSR count). The van der Waals surface area contributed by atoms with E-state index in [1.54, 1.807) is 61.5 Å². The van der Waals surface area contributed by atoms with Crippen LogP contribution in [-0.4, -0.2) is 73.5 Å². The van der Waals surface area contributed by atoms with Gasteiger partial charge in [-0.1, -0.05) is 32.0 Å². The van der Waals surface area contributed by atoms with Crippen LogP contribution in [0.1, 0.15) is 47.9 Å². The second kappa shape index (κ2) is 11.8. The summed E-state index contributed by atoms with van der Waals surface area (Å²) in [6.45, 7) is 6.89. The van der Waals surface area contributed by atoms with Gasteiger partial charge in [-0.15, -0.1) is 0 Å². The number of fused-ring (bicyclic) bond motifs is 1. The molecule has 1 aliphatic rings. The number of benzene rings is 2. The highest BCUT2D eigenvalue weighted by Crippen LogP contribution is 2.27. The van der Waals surface area contributed by atoms with Crippen molar-refractivity contribution < 1.29 is 23.9 Å². The lowest BCUT2D eigenvalue weighted by atomic mass is 10.0. The monoisotopic (exact) mass is 481 g/mol. The number of hydrogen-bond acceptors (Lipinski definition) is 5.